The molecule has 0 spiro atoms. The van der Waals surface area contributed by atoms with Crippen molar-refractivity contribution in [3.05, 3.63) is 0 Å². The van der Waals surface area contributed by atoms with Crippen LogP contribution in [0.15, 0.2) is 0 Å². The molecule has 3 N–H and O–H groups in total. The van der Waals surface area contributed by atoms with Crippen molar-refractivity contribution in [2.45, 2.75) is 401 Å². The number of aliphatic hydroxyl groups is 1. The summed E-state index contributed by atoms with van der Waals surface area (Å²) in [5.74, 6) is 1.02. The predicted molar refractivity (Wildman–Crippen MR) is 386 cm³/mol. The zero-order valence-corrected chi connectivity index (χ0v) is 64.1. The van der Waals surface area contributed by atoms with Crippen LogP contribution in [0.2, 0.25) is 0 Å². The number of hydrogen-bond acceptors (Lipinski definition) is 15. The van der Waals surface area contributed by atoms with E-state index in [0.717, 1.165) is 120 Å². The van der Waals surface area contributed by atoms with Gasteiger partial charge >= 0.3 is 39.5 Å². The maximum Gasteiger partial charge on any atom is 0.472 e. The van der Waals surface area contributed by atoms with Crippen LogP contribution in [0.4, 0.5) is 0 Å². The van der Waals surface area contributed by atoms with E-state index in [1.807, 2.05) is 0 Å². The summed E-state index contributed by atoms with van der Waals surface area (Å²) >= 11 is 0. The van der Waals surface area contributed by atoms with Crippen molar-refractivity contribution < 1.29 is 80.2 Å². The topological polar surface area (TPSA) is 237 Å². The van der Waals surface area contributed by atoms with Crippen molar-refractivity contribution in [3.8, 4) is 0 Å². The molecule has 0 fully saturated rings. The Labute approximate surface area is 581 Å². The van der Waals surface area contributed by atoms with Gasteiger partial charge in [-0.25, -0.2) is 9.13 Å². The molecular formula is C76H148O17P2. The van der Waals surface area contributed by atoms with E-state index in [1.54, 1.807) is 0 Å². The number of aliphatic hydroxyl groups excluding tert-OH is 1. The number of phosphoric ester groups is 2. The van der Waals surface area contributed by atoms with Gasteiger partial charge in [0.05, 0.1) is 26.4 Å². The first kappa shape index (κ1) is 93.1. The molecule has 8 atom stereocenters. The van der Waals surface area contributed by atoms with Gasteiger partial charge in [-0.3, -0.25) is 37.3 Å². The Hall–Kier alpha value is -1.94. The van der Waals surface area contributed by atoms with Crippen LogP contribution < -0.4 is 0 Å². The maximum absolute atomic E-state index is 13.1. The van der Waals surface area contributed by atoms with Gasteiger partial charge in [0.25, 0.3) is 0 Å². The number of esters is 4. The first-order chi connectivity index (χ1) is 45.7. The van der Waals surface area contributed by atoms with Crippen LogP contribution in [0.1, 0.15) is 383 Å². The van der Waals surface area contributed by atoms with Crippen LogP contribution in [-0.4, -0.2) is 96.7 Å². The molecule has 0 heterocycles. The zero-order valence-electron chi connectivity index (χ0n) is 62.3. The molecule has 0 aromatic rings. The number of carbonyl (C=O) groups excluding carboxylic acids is 4. The number of ether oxygens (including phenoxy) is 4. The van der Waals surface area contributed by atoms with Gasteiger partial charge < -0.3 is 33.8 Å². The molecule has 17 nitrogen and oxygen atoms in total. The second kappa shape index (κ2) is 65.4. The largest absolute Gasteiger partial charge is 0.472 e. The number of unbranched alkanes of at least 4 members (excludes halogenated alkanes) is 36. The maximum atomic E-state index is 13.1. The van der Waals surface area contributed by atoms with Gasteiger partial charge in [0, 0.05) is 25.7 Å². The van der Waals surface area contributed by atoms with Crippen LogP contribution >= 0.6 is 15.6 Å². The smallest absolute Gasteiger partial charge is 0.462 e. The SMILES string of the molecule is CCC(C)CCCCCCCCCCCCCCCCC(=O)O[C@H](COC(=O)CCCCCCCCCCCCC(C)CC)COP(=O)(O)OC[C@@H](O)COP(=O)(O)OC[C@@H](COC(=O)CCCCCCCCC(C)CC)OC(=O)CCCCCCCCCCCCC(C)C. The quantitative estimate of drug-likeness (QED) is 0.0222. The van der Waals surface area contributed by atoms with Gasteiger partial charge in [0.1, 0.15) is 19.3 Å². The lowest BCUT2D eigenvalue weighted by atomic mass is 9.99. The molecule has 0 aliphatic heterocycles. The third-order valence-electron chi connectivity index (χ3n) is 18.7. The summed E-state index contributed by atoms with van der Waals surface area (Å²) in [5, 5.41) is 10.6. The summed E-state index contributed by atoms with van der Waals surface area (Å²) in [6, 6.07) is 0. The second-order valence-electron chi connectivity index (χ2n) is 28.6. The highest BCUT2D eigenvalue weighted by atomic mass is 31.2. The molecule has 0 radical (unpaired) electrons. The second-order valence-corrected chi connectivity index (χ2v) is 31.5. The molecule has 564 valence electrons. The Morgan fingerprint density at radius 3 is 0.747 bits per heavy atom. The van der Waals surface area contributed by atoms with Crippen LogP contribution in [0.3, 0.4) is 0 Å². The molecule has 0 amide bonds. The molecule has 0 aliphatic carbocycles. The molecular weight excluding hydrogens is 1250 g/mol. The standard InChI is InChI=1S/C76H148O17P2/c1-9-67(6)53-45-37-29-23-16-14-12-13-15-17-26-32-42-50-58-75(80)92-71(62-86-73(78)56-48-40-31-25-21-19-24-30-38-46-54-68(7)10-2)64-90-94(82,83)88-60-70(77)61-89-95(84,85)91-65-72(63-87-74(79)57-49-41-35-34-39-47-55-69(8)11-3)93-76(81)59-51-43-33-27-20-18-22-28-36-44-52-66(4)5/h66-72,77H,9-65H2,1-8H3,(H,82,83)(H,84,85)/t67?,68?,69?,70-,71-,72-/m1/s1. The zero-order chi connectivity index (χ0) is 70.3. The van der Waals surface area contributed by atoms with Crippen molar-refractivity contribution in [2.24, 2.45) is 23.7 Å². The minimum absolute atomic E-state index is 0.105. The molecule has 0 aromatic carbocycles. The number of rotatable bonds is 73. The molecule has 0 aliphatic rings. The molecule has 19 heteroatoms. The lowest BCUT2D eigenvalue weighted by Gasteiger charge is -2.21. The fraction of sp³-hybridized carbons (Fsp3) is 0.947. The summed E-state index contributed by atoms with van der Waals surface area (Å²) in [4.78, 5) is 72.8. The van der Waals surface area contributed by atoms with Crippen molar-refractivity contribution >= 4 is 39.5 Å². The summed E-state index contributed by atoms with van der Waals surface area (Å²) in [6.45, 7) is 14.2. The molecule has 0 rings (SSSR count). The van der Waals surface area contributed by atoms with E-state index in [-0.39, 0.29) is 25.7 Å². The van der Waals surface area contributed by atoms with Crippen molar-refractivity contribution in [1.29, 1.82) is 0 Å². The lowest BCUT2D eigenvalue weighted by Crippen LogP contribution is -2.30. The summed E-state index contributed by atoms with van der Waals surface area (Å²) in [5.41, 5.74) is 0. The predicted octanol–water partition coefficient (Wildman–Crippen LogP) is 22.0. The summed E-state index contributed by atoms with van der Waals surface area (Å²) in [7, 11) is -9.91. The van der Waals surface area contributed by atoms with E-state index in [2.05, 4.69) is 55.4 Å². The number of hydrogen-bond donors (Lipinski definition) is 3. The Kier molecular flexibility index (Phi) is 64.0. The van der Waals surface area contributed by atoms with E-state index >= 15 is 0 Å². The minimum atomic E-state index is -4.96. The Bertz CT molecular complexity index is 1870. The van der Waals surface area contributed by atoms with Gasteiger partial charge in [0.15, 0.2) is 12.2 Å². The van der Waals surface area contributed by atoms with Crippen LogP contribution in [0.25, 0.3) is 0 Å². The highest BCUT2D eigenvalue weighted by molar-refractivity contribution is 7.47. The number of phosphoric acid groups is 2. The Morgan fingerprint density at radius 1 is 0.295 bits per heavy atom. The first-order valence-corrected chi connectivity index (χ1v) is 42.3. The molecule has 0 saturated heterocycles. The highest BCUT2D eigenvalue weighted by Crippen LogP contribution is 2.45. The average molecular weight is 1400 g/mol. The van der Waals surface area contributed by atoms with Crippen molar-refractivity contribution in [1.82, 2.24) is 0 Å². The van der Waals surface area contributed by atoms with E-state index in [1.165, 1.54) is 180 Å². The van der Waals surface area contributed by atoms with E-state index < -0.39 is 97.5 Å². The van der Waals surface area contributed by atoms with E-state index in [9.17, 15) is 43.2 Å². The van der Waals surface area contributed by atoms with Gasteiger partial charge in [0.2, 0.25) is 0 Å². The highest BCUT2D eigenvalue weighted by Gasteiger charge is 2.30. The third-order valence-corrected chi connectivity index (χ3v) is 20.6. The summed E-state index contributed by atoms with van der Waals surface area (Å²) < 4.78 is 68.5. The molecule has 5 unspecified atom stereocenters. The normalized spacial score (nSPS) is 15.0. The molecule has 0 saturated carbocycles. The van der Waals surface area contributed by atoms with Crippen LogP contribution in [0.5, 0.6) is 0 Å². The first-order valence-electron chi connectivity index (χ1n) is 39.3. The molecule has 0 aromatic heterocycles. The van der Waals surface area contributed by atoms with E-state index in [0.29, 0.717) is 25.7 Å². The van der Waals surface area contributed by atoms with Gasteiger partial charge in [-0.1, -0.05) is 331 Å². The van der Waals surface area contributed by atoms with Gasteiger partial charge in [-0.05, 0) is 49.4 Å². The van der Waals surface area contributed by atoms with Crippen LogP contribution in [-0.2, 0) is 65.4 Å². The lowest BCUT2D eigenvalue weighted by molar-refractivity contribution is -0.161. The fourth-order valence-electron chi connectivity index (χ4n) is 11.5. The fourth-order valence-corrected chi connectivity index (χ4v) is 13.0. The van der Waals surface area contributed by atoms with Gasteiger partial charge in [-0.2, -0.15) is 0 Å². The summed E-state index contributed by atoms with van der Waals surface area (Å²) in [6.07, 6.45) is 49.8. The minimum Gasteiger partial charge on any atom is -0.462 e. The average Bonchev–Trinajstić information content (AvgIpc) is 3.50. The van der Waals surface area contributed by atoms with Gasteiger partial charge in [-0.15, -0.1) is 0 Å². The van der Waals surface area contributed by atoms with Crippen molar-refractivity contribution in [3.63, 3.8) is 0 Å². The third kappa shape index (κ3) is 66.4. The molecule has 95 heavy (non-hydrogen) atoms. The Morgan fingerprint density at radius 2 is 0.505 bits per heavy atom. The molecule has 0 bridgehead atoms. The monoisotopic (exact) mass is 1400 g/mol. The van der Waals surface area contributed by atoms with E-state index in [4.69, 9.17) is 37.0 Å². The number of carbonyl (C=O) groups is 4. The van der Waals surface area contributed by atoms with Crippen LogP contribution in [0, 0.1) is 23.7 Å². The van der Waals surface area contributed by atoms with Crippen molar-refractivity contribution in [2.75, 3.05) is 39.6 Å². The Balaban J connectivity index is 5.26.